The van der Waals surface area contributed by atoms with E-state index in [9.17, 15) is 9.59 Å². The largest absolute Gasteiger partial charge is 0.310 e. The van der Waals surface area contributed by atoms with Crippen molar-refractivity contribution in [2.24, 2.45) is 11.8 Å². The highest BCUT2D eigenvalue weighted by Gasteiger charge is 2.61. The van der Waals surface area contributed by atoms with Crippen LogP contribution in [0.3, 0.4) is 0 Å². The number of hydrogen-bond acceptors (Lipinski definition) is 3. The summed E-state index contributed by atoms with van der Waals surface area (Å²) in [4.78, 5) is 27.4. The molecule has 116 valence electrons. The smallest absolute Gasteiger partial charge is 0.239 e. The van der Waals surface area contributed by atoms with E-state index in [1.165, 1.54) is 4.90 Å². The second-order valence-electron chi connectivity index (χ2n) is 6.63. The van der Waals surface area contributed by atoms with Gasteiger partial charge in [-0.15, -0.1) is 0 Å². The van der Waals surface area contributed by atoms with Crippen LogP contribution in [-0.2, 0) is 9.59 Å². The van der Waals surface area contributed by atoms with Gasteiger partial charge in [0, 0.05) is 21.9 Å². The van der Waals surface area contributed by atoms with E-state index in [0.717, 1.165) is 28.1 Å². The summed E-state index contributed by atoms with van der Waals surface area (Å²) in [6.45, 7) is 0. The van der Waals surface area contributed by atoms with Crippen LogP contribution in [0.2, 0.25) is 0 Å². The molecule has 3 heterocycles. The van der Waals surface area contributed by atoms with Crippen molar-refractivity contribution in [1.82, 2.24) is 5.32 Å². The van der Waals surface area contributed by atoms with Crippen molar-refractivity contribution < 1.29 is 9.59 Å². The number of anilines is 1. The summed E-state index contributed by atoms with van der Waals surface area (Å²) >= 11 is 3.55. The maximum absolute atomic E-state index is 13.0. The predicted octanol–water partition coefficient (Wildman–Crippen LogP) is 2.84. The molecule has 0 unspecified atom stereocenters. The van der Waals surface area contributed by atoms with Crippen molar-refractivity contribution >= 4 is 44.2 Å². The number of fused-ring (bicyclic) bond motifs is 6. The van der Waals surface area contributed by atoms with E-state index < -0.39 is 0 Å². The SMILES string of the molecule is O=C1[C@@H]2[C@H](C(=O)N1c1ccc(Br)c3ccccc13)[C@@H]1CC[C@H]2N1. The Morgan fingerprint density at radius 3 is 2.17 bits per heavy atom. The zero-order valence-corrected chi connectivity index (χ0v) is 13.9. The van der Waals surface area contributed by atoms with Gasteiger partial charge in [-0.2, -0.15) is 0 Å². The number of rotatable bonds is 1. The minimum Gasteiger partial charge on any atom is -0.310 e. The molecule has 0 aliphatic carbocycles. The molecule has 1 N–H and O–H groups in total. The van der Waals surface area contributed by atoms with E-state index in [2.05, 4.69) is 21.2 Å². The molecule has 0 spiro atoms. The molecule has 5 rings (SSSR count). The molecule has 3 fully saturated rings. The zero-order valence-electron chi connectivity index (χ0n) is 12.3. The van der Waals surface area contributed by atoms with Crippen molar-refractivity contribution in [2.45, 2.75) is 24.9 Å². The fraction of sp³-hybridized carbons (Fsp3) is 0.333. The number of halogens is 1. The lowest BCUT2D eigenvalue weighted by molar-refractivity contribution is -0.122. The van der Waals surface area contributed by atoms with Crippen LogP contribution in [0.1, 0.15) is 12.8 Å². The fourth-order valence-electron chi connectivity index (χ4n) is 4.60. The minimum absolute atomic E-state index is 0.0350. The molecule has 2 bridgehead atoms. The molecule has 5 heteroatoms. The average Bonchev–Trinajstić information content (AvgIpc) is 3.24. The lowest BCUT2D eigenvalue weighted by Gasteiger charge is -2.20. The van der Waals surface area contributed by atoms with Crippen molar-refractivity contribution in [3.63, 3.8) is 0 Å². The van der Waals surface area contributed by atoms with Crippen LogP contribution in [-0.4, -0.2) is 23.9 Å². The number of imide groups is 1. The Kier molecular flexibility index (Phi) is 2.77. The molecular weight excluding hydrogens is 356 g/mol. The molecule has 2 amide bonds. The normalized spacial score (nSPS) is 32.1. The third-order valence-corrected chi connectivity index (χ3v) is 6.26. The Morgan fingerprint density at radius 1 is 0.913 bits per heavy atom. The topological polar surface area (TPSA) is 49.4 Å². The van der Waals surface area contributed by atoms with Gasteiger partial charge in [0.2, 0.25) is 11.8 Å². The monoisotopic (exact) mass is 370 g/mol. The number of carbonyl (C=O) groups is 2. The highest BCUT2D eigenvalue weighted by molar-refractivity contribution is 9.10. The van der Waals surface area contributed by atoms with E-state index in [4.69, 9.17) is 0 Å². The van der Waals surface area contributed by atoms with Crippen molar-refractivity contribution in [2.75, 3.05) is 4.90 Å². The molecule has 0 saturated carbocycles. The lowest BCUT2D eigenvalue weighted by atomic mass is 9.81. The van der Waals surface area contributed by atoms with E-state index in [-0.39, 0.29) is 35.7 Å². The van der Waals surface area contributed by atoms with Gasteiger partial charge in [-0.25, -0.2) is 4.90 Å². The van der Waals surface area contributed by atoms with Gasteiger partial charge in [-0.3, -0.25) is 9.59 Å². The van der Waals surface area contributed by atoms with Crippen molar-refractivity contribution in [3.05, 3.63) is 40.9 Å². The first-order valence-electron chi connectivity index (χ1n) is 7.98. The van der Waals surface area contributed by atoms with Gasteiger partial charge in [-0.1, -0.05) is 40.2 Å². The summed E-state index contributed by atoms with van der Waals surface area (Å²) in [7, 11) is 0. The summed E-state index contributed by atoms with van der Waals surface area (Å²) < 4.78 is 0.970. The van der Waals surface area contributed by atoms with Crippen LogP contribution >= 0.6 is 15.9 Å². The summed E-state index contributed by atoms with van der Waals surface area (Å²) in [6, 6.07) is 12.0. The van der Waals surface area contributed by atoms with Gasteiger partial charge in [0.25, 0.3) is 0 Å². The molecule has 3 aliphatic heterocycles. The molecule has 23 heavy (non-hydrogen) atoms. The van der Waals surface area contributed by atoms with Crippen LogP contribution in [0.4, 0.5) is 5.69 Å². The Morgan fingerprint density at radius 2 is 1.52 bits per heavy atom. The molecule has 4 atom stereocenters. The van der Waals surface area contributed by atoms with Crippen LogP contribution in [0.15, 0.2) is 40.9 Å². The van der Waals surface area contributed by atoms with Crippen LogP contribution in [0.5, 0.6) is 0 Å². The van der Waals surface area contributed by atoms with Gasteiger partial charge in [0.1, 0.15) is 0 Å². The zero-order chi connectivity index (χ0) is 15.7. The Balaban J connectivity index is 1.67. The molecular formula is C18H15BrN2O2. The average molecular weight is 371 g/mol. The minimum atomic E-state index is -0.177. The number of amides is 2. The van der Waals surface area contributed by atoms with E-state index in [0.29, 0.717) is 5.69 Å². The maximum Gasteiger partial charge on any atom is 0.239 e. The number of carbonyl (C=O) groups excluding carboxylic acids is 2. The molecule has 0 aromatic heterocycles. The summed E-state index contributed by atoms with van der Waals surface area (Å²) in [5.74, 6) is -0.424. The van der Waals surface area contributed by atoms with Gasteiger partial charge < -0.3 is 5.32 Å². The third-order valence-electron chi connectivity index (χ3n) is 5.57. The Labute approximate surface area is 142 Å². The summed E-state index contributed by atoms with van der Waals surface area (Å²) in [5.41, 5.74) is 0.715. The predicted molar refractivity (Wildman–Crippen MR) is 91.1 cm³/mol. The number of hydrogen-bond donors (Lipinski definition) is 1. The highest BCUT2D eigenvalue weighted by Crippen LogP contribution is 2.47. The first-order chi connectivity index (χ1) is 11.2. The number of nitrogens with zero attached hydrogens (tertiary/aromatic N) is 1. The van der Waals surface area contributed by atoms with E-state index in [1.807, 2.05) is 36.4 Å². The van der Waals surface area contributed by atoms with Gasteiger partial charge in [0.15, 0.2) is 0 Å². The summed E-state index contributed by atoms with van der Waals surface area (Å²) in [6.07, 6.45) is 2.00. The second kappa shape index (κ2) is 4.65. The quantitative estimate of drug-likeness (QED) is 0.785. The van der Waals surface area contributed by atoms with Crippen LogP contribution in [0.25, 0.3) is 10.8 Å². The van der Waals surface area contributed by atoms with Crippen LogP contribution < -0.4 is 10.2 Å². The van der Waals surface area contributed by atoms with Gasteiger partial charge in [0.05, 0.1) is 17.5 Å². The molecule has 4 nitrogen and oxygen atoms in total. The molecule has 3 saturated heterocycles. The van der Waals surface area contributed by atoms with E-state index >= 15 is 0 Å². The van der Waals surface area contributed by atoms with Crippen molar-refractivity contribution in [3.8, 4) is 0 Å². The second-order valence-corrected chi connectivity index (χ2v) is 7.49. The van der Waals surface area contributed by atoms with Crippen molar-refractivity contribution in [1.29, 1.82) is 0 Å². The number of nitrogens with one attached hydrogen (secondary N) is 1. The molecule has 2 aromatic rings. The lowest BCUT2D eigenvalue weighted by Crippen LogP contribution is -2.38. The third kappa shape index (κ3) is 1.69. The highest BCUT2D eigenvalue weighted by atomic mass is 79.9. The first kappa shape index (κ1) is 13.7. The molecule has 3 aliphatic rings. The van der Waals surface area contributed by atoms with E-state index in [1.54, 1.807) is 0 Å². The van der Waals surface area contributed by atoms with Gasteiger partial charge >= 0.3 is 0 Å². The Bertz CT molecular complexity index is 837. The first-order valence-corrected chi connectivity index (χ1v) is 8.77. The fourth-order valence-corrected chi connectivity index (χ4v) is 5.08. The number of benzene rings is 2. The van der Waals surface area contributed by atoms with Gasteiger partial charge in [-0.05, 0) is 30.4 Å². The summed E-state index contributed by atoms with van der Waals surface area (Å²) in [5, 5.41) is 5.38. The molecule has 0 radical (unpaired) electrons. The standard InChI is InChI=1S/C18H15BrN2O2/c19-11-5-8-14(10-4-2-1-3-9(10)11)21-17(22)15-12-6-7-13(20-12)16(15)18(21)23/h1-5,8,12-13,15-16,20H,6-7H2/t12-,13+,15+,16-. The maximum atomic E-state index is 13.0. The van der Waals surface area contributed by atoms with Crippen LogP contribution in [0, 0.1) is 11.8 Å². The molecule has 2 aromatic carbocycles. The Hall–Kier alpha value is -1.72.